The molecule has 0 saturated heterocycles. The van der Waals surface area contributed by atoms with Crippen molar-refractivity contribution in [1.82, 2.24) is 9.55 Å². The molecule has 5 nitrogen and oxygen atoms in total. The first-order chi connectivity index (χ1) is 14.4. The van der Waals surface area contributed by atoms with Crippen molar-refractivity contribution in [3.63, 3.8) is 0 Å². The average Bonchev–Trinajstić information content (AvgIpc) is 3.26. The molecule has 30 heavy (non-hydrogen) atoms. The number of hydrogen-bond donors (Lipinski definition) is 0. The van der Waals surface area contributed by atoms with Crippen LogP contribution >= 0.6 is 0 Å². The highest BCUT2D eigenvalue weighted by atomic mass is 32.2. The molecule has 0 aliphatic carbocycles. The fourth-order valence-electron chi connectivity index (χ4n) is 4.32. The molecule has 0 spiro atoms. The quantitative estimate of drug-likeness (QED) is 0.483. The third-order valence-corrected chi connectivity index (χ3v) is 7.60. The lowest BCUT2D eigenvalue weighted by Crippen LogP contribution is -2.30. The highest BCUT2D eigenvalue weighted by Crippen LogP contribution is 2.40. The topological polar surface area (TPSA) is 55.2 Å². The van der Waals surface area contributed by atoms with Crippen molar-refractivity contribution < 1.29 is 8.42 Å². The van der Waals surface area contributed by atoms with E-state index in [4.69, 9.17) is 4.98 Å². The third kappa shape index (κ3) is 2.82. The Labute approximate surface area is 176 Å². The van der Waals surface area contributed by atoms with Crippen LogP contribution in [0.15, 0.2) is 71.6 Å². The lowest BCUT2D eigenvalue weighted by molar-refractivity contribution is 0.589. The minimum atomic E-state index is -3.73. The maximum atomic E-state index is 13.6. The van der Waals surface area contributed by atoms with Gasteiger partial charge in [-0.15, -0.1) is 0 Å². The smallest absolute Gasteiger partial charge is 0.266 e. The number of anilines is 1. The van der Waals surface area contributed by atoms with Gasteiger partial charge in [-0.05, 0) is 56.2 Å². The molecule has 0 radical (unpaired) electrons. The Morgan fingerprint density at radius 3 is 2.33 bits per heavy atom. The summed E-state index contributed by atoms with van der Waals surface area (Å²) in [6, 6.07) is 21.0. The lowest BCUT2D eigenvalue weighted by atomic mass is 9.99. The van der Waals surface area contributed by atoms with Crippen LogP contribution in [0, 0.1) is 20.8 Å². The van der Waals surface area contributed by atoms with Gasteiger partial charge in [0.2, 0.25) is 5.95 Å². The number of aryl methyl sites for hydroxylation is 3. The fraction of sp³-hybridized carbons (Fsp3) is 0.208. The molecule has 4 aromatic rings. The van der Waals surface area contributed by atoms with E-state index in [1.165, 1.54) is 9.87 Å². The van der Waals surface area contributed by atoms with Gasteiger partial charge in [0.05, 0.1) is 28.5 Å². The van der Waals surface area contributed by atoms with Gasteiger partial charge >= 0.3 is 0 Å². The van der Waals surface area contributed by atoms with Crippen molar-refractivity contribution >= 4 is 27.0 Å². The van der Waals surface area contributed by atoms with Crippen LogP contribution < -0.4 is 4.31 Å². The van der Waals surface area contributed by atoms with Crippen LogP contribution in [0.3, 0.4) is 0 Å². The Hall–Kier alpha value is -3.12. The summed E-state index contributed by atoms with van der Waals surface area (Å²) in [5.41, 5.74) is 6.22. The second kappa shape index (κ2) is 6.71. The van der Waals surface area contributed by atoms with E-state index < -0.39 is 10.0 Å². The Bertz CT molecular complexity index is 1370. The predicted molar refractivity (Wildman–Crippen MR) is 119 cm³/mol. The molecule has 152 valence electrons. The number of rotatable bonds is 3. The largest absolute Gasteiger partial charge is 0.300 e. The summed E-state index contributed by atoms with van der Waals surface area (Å²) in [4.78, 5) is 5.00. The number of para-hydroxylation sites is 2. The predicted octanol–water partition coefficient (Wildman–Crippen LogP) is 4.76. The van der Waals surface area contributed by atoms with Crippen LogP contribution in [-0.4, -0.2) is 24.5 Å². The van der Waals surface area contributed by atoms with Gasteiger partial charge in [-0.1, -0.05) is 53.6 Å². The van der Waals surface area contributed by atoms with Gasteiger partial charge in [-0.2, -0.15) is 0 Å². The van der Waals surface area contributed by atoms with Crippen molar-refractivity contribution in [3.05, 3.63) is 89.0 Å². The van der Waals surface area contributed by atoms with Gasteiger partial charge in [-0.3, -0.25) is 4.57 Å². The monoisotopic (exact) mass is 417 g/mol. The number of hydrogen-bond acceptors (Lipinski definition) is 3. The lowest BCUT2D eigenvalue weighted by Gasteiger charge is -2.19. The molecule has 1 aliphatic rings. The molecule has 0 saturated carbocycles. The second-order valence-corrected chi connectivity index (χ2v) is 9.86. The number of imidazole rings is 1. The van der Waals surface area contributed by atoms with Crippen molar-refractivity contribution in [1.29, 1.82) is 0 Å². The van der Waals surface area contributed by atoms with Crippen molar-refractivity contribution in [2.24, 2.45) is 0 Å². The van der Waals surface area contributed by atoms with Gasteiger partial charge in [-0.25, -0.2) is 17.7 Å². The molecule has 1 unspecified atom stereocenters. The first-order valence-electron chi connectivity index (χ1n) is 10.00. The molecular weight excluding hydrogens is 394 g/mol. The molecule has 2 heterocycles. The van der Waals surface area contributed by atoms with E-state index in [0.29, 0.717) is 12.5 Å². The van der Waals surface area contributed by atoms with Gasteiger partial charge in [0, 0.05) is 0 Å². The van der Waals surface area contributed by atoms with E-state index in [1.807, 2.05) is 43.3 Å². The standard InChI is InChI=1S/C24H23N3O2S/c1-16-8-11-19(12-9-16)30(28,29)26-15-23(20-13-10-17(2)14-18(20)3)27-22-7-5-4-6-21(22)25-24(26)27/h4-14,23H,15H2,1-3H3. The summed E-state index contributed by atoms with van der Waals surface area (Å²) in [7, 11) is -3.73. The minimum absolute atomic E-state index is 0.131. The molecule has 5 rings (SSSR count). The van der Waals surface area contributed by atoms with Crippen LogP contribution in [0.25, 0.3) is 11.0 Å². The summed E-state index contributed by atoms with van der Waals surface area (Å²) in [5.74, 6) is 0.474. The van der Waals surface area contributed by atoms with Crippen molar-refractivity contribution in [2.75, 3.05) is 10.8 Å². The summed E-state index contributed by atoms with van der Waals surface area (Å²) >= 11 is 0. The molecule has 3 aromatic carbocycles. The molecule has 1 atom stereocenters. The average molecular weight is 418 g/mol. The molecule has 0 bridgehead atoms. The molecule has 0 fully saturated rings. The number of benzene rings is 3. The van der Waals surface area contributed by atoms with Crippen LogP contribution in [0.1, 0.15) is 28.3 Å². The molecular formula is C24H23N3O2S. The molecule has 0 N–H and O–H groups in total. The van der Waals surface area contributed by atoms with Gasteiger partial charge in [0.15, 0.2) is 0 Å². The summed E-state index contributed by atoms with van der Waals surface area (Å²) < 4.78 is 30.7. The van der Waals surface area contributed by atoms with Gasteiger partial charge < -0.3 is 0 Å². The third-order valence-electron chi connectivity index (χ3n) is 5.84. The number of nitrogens with zero attached hydrogens (tertiary/aromatic N) is 3. The first-order valence-corrected chi connectivity index (χ1v) is 11.4. The Kier molecular flexibility index (Phi) is 4.22. The normalized spacial score (nSPS) is 16.2. The fourth-order valence-corrected chi connectivity index (χ4v) is 5.73. The zero-order chi connectivity index (χ0) is 21.0. The van der Waals surface area contributed by atoms with Crippen LogP contribution in [0.2, 0.25) is 0 Å². The zero-order valence-corrected chi connectivity index (χ0v) is 18.0. The van der Waals surface area contributed by atoms with E-state index in [9.17, 15) is 8.42 Å². The highest BCUT2D eigenvalue weighted by Gasteiger charge is 2.40. The summed E-state index contributed by atoms with van der Waals surface area (Å²) in [5, 5.41) is 0. The zero-order valence-electron chi connectivity index (χ0n) is 17.2. The molecule has 1 aliphatic heterocycles. The maximum Gasteiger partial charge on any atom is 0.266 e. The first kappa shape index (κ1) is 18.9. The van der Waals surface area contributed by atoms with Gasteiger partial charge in [0.25, 0.3) is 10.0 Å². The van der Waals surface area contributed by atoms with E-state index in [0.717, 1.165) is 27.7 Å². The van der Waals surface area contributed by atoms with E-state index in [1.54, 1.807) is 12.1 Å². The highest BCUT2D eigenvalue weighted by molar-refractivity contribution is 7.92. The molecule has 0 amide bonds. The minimum Gasteiger partial charge on any atom is -0.300 e. The van der Waals surface area contributed by atoms with Gasteiger partial charge in [0.1, 0.15) is 0 Å². The number of aromatic nitrogens is 2. The Morgan fingerprint density at radius 2 is 1.60 bits per heavy atom. The van der Waals surface area contributed by atoms with Crippen LogP contribution in [0.5, 0.6) is 0 Å². The van der Waals surface area contributed by atoms with E-state index in [-0.39, 0.29) is 10.9 Å². The summed E-state index contributed by atoms with van der Waals surface area (Å²) in [6.45, 7) is 6.42. The molecule has 6 heteroatoms. The maximum absolute atomic E-state index is 13.6. The molecule has 1 aromatic heterocycles. The van der Waals surface area contributed by atoms with Crippen molar-refractivity contribution in [2.45, 2.75) is 31.7 Å². The Morgan fingerprint density at radius 1 is 0.900 bits per heavy atom. The van der Waals surface area contributed by atoms with E-state index >= 15 is 0 Å². The van der Waals surface area contributed by atoms with Crippen LogP contribution in [0.4, 0.5) is 5.95 Å². The van der Waals surface area contributed by atoms with Crippen molar-refractivity contribution in [3.8, 4) is 0 Å². The number of sulfonamides is 1. The van der Waals surface area contributed by atoms with Crippen LogP contribution in [-0.2, 0) is 10.0 Å². The Balaban J connectivity index is 1.71. The number of fused-ring (bicyclic) bond motifs is 3. The second-order valence-electron chi connectivity index (χ2n) is 8.00. The SMILES string of the molecule is Cc1ccc(S(=O)(=O)N2CC(c3ccc(C)cc3C)n3c2nc2ccccc23)cc1. The van der Waals surface area contributed by atoms with E-state index in [2.05, 4.69) is 36.6 Å². The summed E-state index contributed by atoms with van der Waals surface area (Å²) in [6.07, 6.45) is 0.